The summed E-state index contributed by atoms with van der Waals surface area (Å²) in [5, 5.41) is 1.04. The highest BCUT2D eigenvalue weighted by atomic mass is 32.2. The summed E-state index contributed by atoms with van der Waals surface area (Å²) in [4.78, 5) is 29.3. The third kappa shape index (κ3) is 5.25. The van der Waals surface area contributed by atoms with Crippen LogP contribution in [0.1, 0.15) is 79.3 Å². The minimum absolute atomic E-state index is 0.0536. The summed E-state index contributed by atoms with van der Waals surface area (Å²) in [5.74, 6) is 0.342. The smallest absolute Gasteiger partial charge is 0.303 e. The maximum Gasteiger partial charge on any atom is 0.303 e. The first-order valence-corrected chi connectivity index (χ1v) is 16.6. The van der Waals surface area contributed by atoms with Crippen LogP contribution in [-0.2, 0) is 21.5 Å². The van der Waals surface area contributed by atoms with Crippen molar-refractivity contribution in [2.75, 3.05) is 34.3 Å². The molecule has 1 saturated carbocycles. The molecule has 1 aliphatic carbocycles. The van der Waals surface area contributed by atoms with Crippen LogP contribution >= 0.6 is 0 Å². The number of rotatable bonds is 2. The number of amides is 2. The highest BCUT2D eigenvalue weighted by molar-refractivity contribution is 7.87. The molecule has 4 bridgehead atoms. The van der Waals surface area contributed by atoms with E-state index >= 15 is 0 Å². The molecule has 2 aliphatic heterocycles. The molecule has 3 aromatic rings. The Balaban J connectivity index is 1.66. The number of likely N-dealkylation sites (N-methyl/N-ethyl adjacent to an activating group) is 1. The van der Waals surface area contributed by atoms with Gasteiger partial charge >= 0.3 is 10.2 Å². The number of nitrogens with one attached hydrogen (secondary N) is 1. The number of hydrogen-bond acceptors (Lipinski definition) is 5. The van der Waals surface area contributed by atoms with Gasteiger partial charge in [-0.25, -0.2) is 4.72 Å². The first-order valence-electron chi connectivity index (χ1n) is 15.2. The first-order chi connectivity index (χ1) is 20.6. The van der Waals surface area contributed by atoms with Gasteiger partial charge in [-0.1, -0.05) is 25.3 Å². The summed E-state index contributed by atoms with van der Waals surface area (Å²) in [6.45, 7) is 3.08. The number of carbonyl (C=O) groups excluding carboxylic acids is 2. The van der Waals surface area contributed by atoms with Crippen LogP contribution in [0.25, 0.3) is 27.7 Å². The summed E-state index contributed by atoms with van der Waals surface area (Å²) in [6, 6.07) is 11.5. The van der Waals surface area contributed by atoms with Crippen molar-refractivity contribution in [1.82, 2.24) is 18.5 Å². The lowest BCUT2D eigenvalue weighted by molar-refractivity contribution is -0.126. The number of aromatic nitrogens is 1. The van der Waals surface area contributed by atoms with E-state index in [1.165, 1.54) is 19.0 Å². The average Bonchev–Trinajstić information content (AvgIpc) is 3.26. The fraction of sp³-hybridized carbons (Fsp3) is 0.455. The number of ether oxygens (including phenoxy) is 1. The second-order valence-corrected chi connectivity index (χ2v) is 13.9. The van der Waals surface area contributed by atoms with Gasteiger partial charge in [0.15, 0.2) is 0 Å². The molecule has 10 heteroatoms. The van der Waals surface area contributed by atoms with E-state index in [2.05, 4.69) is 15.4 Å². The molecular weight excluding hydrogens is 564 g/mol. The van der Waals surface area contributed by atoms with Gasteiger partial charge in [-0.3, -0.25) is 9.59 Å². The van der Waals surface area contributed by atoms with E-state index in [-0.39, 0.29) is 18.0 Å². The SMILES string of the molecule is COc1ccc2c(c1)C(C)=C1Cn3c-2c(C2CCCCC2)c2ccc(cc23)C(=O)NS(=O)(=O)N(C)CCCCN(C)C1=O. The molecule has 1 aromatic heterocycles. The molecular formula is C33H40N4O5S. The van der Waals surface area contributed by atoms with Crippen LogP contribution in [0.2, 0.25) is 0 Å². The Morgan fingerprint density at radius 1 is 0.907 bits per heavy atom. The van der Waals surface area contributed by atoms with Crippen molar-refractivity contribution in [1.29, 1.82) is 0 Å². The van der Waals surface area contributed by atoms with Gasteiger partial charge in [0.25, 0.3) is 11.8 Å². The zero-order valence-electron chi connectivity index (χ0n) is 25.4. The molecule has 0 radical (unpaired) electrons. The molecule has 3 aliphatic rings. The Hall–Kier alpha value is -3.63. The van der Waals surface area contributed by atoms with E-state index in [1.807, 2.05) is 32.2 Å². The standard InChI is InChI=1S/C33H40N4O5S/c1-21-27-19-24(42-4)13-15-25(27)31-30(22-10-6-5-7-11-22)26-14-12-23-18-29(26)37(31)20-28(21)33(39)35(2)16-8-9-17-36(3)43(40,41)34-32(23)38/h12-15,18-19,22H,5-11,16-17,20H2,1-4H3,(H,34,38). The molecule has 6 rings (SSSR count). The Kier molecular flexibility index (Phi) is 7.85. The van der Waals surface area contributed by atoms with Crippen molar-refractivity contribution in [3.63, 3.8) is 0 Å². The monoisotopic (exact) mass is 604 g/mol. The van der Waals surface area contributed by atoms with E-state index in [4.69, 9.17) is 4.74 Å². The molecule has 1 fully saturated rings. The fourth-order valence-electron chi connectivity index (χ4n) is 7.00. The molecule has 3 heterocycles. The van der Waals surface area contributed by atoms with E-state index in [1.54, 1.807) is 24.1 Å². The lowest BCUT2D eigenvalue weighted by atomic mass is 9.81. The predicted octanol–water partition coefficient (Wildman–Crippen LogP) is 5.31. The molecule has 9 nitrogen and oxygen atoms in total. The van der Waals surface area contributed by atoms with Crippen LogP contribution in [0, 0.1) is 0 Å². The number of hydrogen-bond donors (Lipinski definition) is 1. The number of benzene rings is 2. The van der Waals surface area contributed by atoms with E-state index in [0.29, 0.717) is 37.4 Å². The van der Waals surface area contributed by atoms with Gasteiger partial charge in [0.1, 0.15) is 5.75 Å². The Bertz CT molecular complexity index is 1750. The van der Waals surface area contributed by atoms with Crippen molar-refractivity contribution < 1.29 is 22.7 Å². The number of nitrogens with zero attached hydrogens (tertiary/aromatic N) is 3. The second-order valence-electron chi connectivity index (χ2n) is 12.1. The van der Waals surface area contributed by atoms with Gasteiger partial charge in [-0.05, 0) is 85.6 Å². The third-order valence-electron chi connectivity index (χ3n) is 9.49. The van der Waals surface area contributed by atoms with Crippen LogP contribution in [-0.4, -0.2) is 68.3 Å². The Morgan fingerprint density at radius 2 is 1.65 bits per heavy atom. The van der Waals surface area contributed by atoms with Gasteiger partial charge in [-0.2, -0.15) is 12.7 Å². The maximum atomic E-state index is 14.2. The van der Waals surface area contributed by atoms with Crippen molar-refractivity contribution in [2.24, 2.45) is 0 Å². The Morgan fingerprint density at radius 3 is 2.40 bits per heavy atom. The summed E-state index contributed by atoms with van der Waals surface area (Å²) >= 11 is 0. The topological polar surface area (TPSA) is 101 Å². The minimum Gasteiger partial charge on any atom is -0.497 e. The van der Waals surface area contributed by atoms with Gasteiger partial charge in [0.05, 0.1) is 19.3 Å². The summed E-state index contributed by atoms with van der Waals surface area (Å²) < 4.78 is 37.2. The zero-order valence-corrected chi connectivity index (χ0v) is 26.2. The molecule has 2 amide bonds. The lowest BCUT2D eigenvalue weighted by Gasteiger charge is -2.24. The van der Waals surface area contributed by atoms with Crippen molar-refractivity contribution in [2.45, 2.75) is 64.3 Å². The van der Waals surface area contributed by atoms with E-state index in [0.717, 1.165) is 69.0 Å². The minimum atomic E-state index is -4.02. The van der Waals surface area contributed by atoms with Gasteiger partial charge in [0.2, 0.25) is 0 Å². The van der Waals surface area contributed by atoms with Crippen LogP contribution in [0.5, 0.6) is 5.75 Å². The lowest BCUT2D eigenvalue weighted by Crippen LogP contribution is -2.42. The molecule has 0 unspecified atom stereocenters. The molecule has 0 spiro atoms. The molecule has 228 valence electrons. The molecule has 0 saturated heterocycles. The molecule has 0 atom stereocenters. The third-order valence-corrected chi connectivity index (χ3v) is 10.9. The summed E-state index contributed by atoms with van der Waals surface area (Å²) in [6.07, 6.45) is 6.85. The van der Waals surface area contributed by atoms with Crippen LogP contribution in [0.15, 0.2) is 42.0 Å². The summed E-state index contributed by atoms with van der Waals surface area (Å²) in [5.41, 5.74) is 7.01. The van der Waals surface area contributed by atoms with Crippen molar-refractivity contribution in [3.8, 4) is 17.0 Å². The molecule has 1 N–H and O–H groups in total. The molecule has 43 heavy (non-hydrogen) atoms. The van der Waals surface area contributed by atoms with Crippen LogP contribution in [0.4, 0.5) is 0 Å². The van der Waals surface area contributed by atoms with E-state index in [9.17, 15) is 18.0 Å². The fourth-order valence-corrected chi connectivity index (χ4v) is 7.88. The van der Waals surface area contributed by atoms with Gasteiger partial charge in [0, 0.05) is 54.8 Å². The van der Waals surface area contributed by atoms with Crippen molar-refractivity contribution in [3.05, 3.63) is 58.7 Å². The number of fused-ring (bicyclic) bond motifs is 4. The van der Waals surface area contributed by atoms with E-state index < -0.39 is 16.1 Å². The van der Waals surface area contributed by atoms with Gasteiger partial charge in [-0.15, -0.1) is 0 Å². The highest BCUT2D eigenvalue weighted by Gasteiger charge is 2.33. The van der Waals surface area contributed by atoms with Crippen molar-refractivity contribution >= 4 is 38.5 Å². The summed E-state index contributed by atoms with van der Waals surface area (Å²) in [7, 11) is 0.898. The maximum absolute atomic E-state index is 14.2. The number of allylic oxidation sites excluding steroid dienone is 1. The van der Waals surface area contributed by atoms with Gasteiger partial charge < -0.3 is 14.2 Å². The Labute approximate surface area is 253 Å². The zero-order chi connectivity index (χ0) is 30.5. The average molecular weight is 605 g/mol. The first kappa shape index (κ1) is 29.4. The highest BCUT2D eigenvalue weighted by Crippen LogP contribution is 2.48. The quantitative estimate of drug-likeness (QED) is 0.427. The normalized spacial score (nSPS) is 20.4. The van der Waals surface area contributed by atoms with Crippen LogP contribution in [0.3, 0.4) is 0 Å². The molecule has 2 aromatic carbocycles. The largest absolute Gasteiger partial charge is 0.497 e. The number of methoxy groups -OCH3 is 1. The van der Waals surface area contributed by atoms with Crippen LogP contribution < -0.4 is 9.46 Å². The predicted molar refractivity (Wildman–Crippen MR) is 168 cm³/mol. The second kappa shape index (κ2) is 11.5. The number of carbonyl (C=O) groups is 2.